The van der Waals surface area contributed by atoms with Crippen LogP contribution in [0.4, 0.5) is 0 Å². The topological polar surface area (TPSA) is 18.5 Å². The van der Waals surface area contributed by atoms with E-state index in [9.17, 15) is 0 Å². The summed E-state index contributed by atoms with van der Waals surface area (Å²) in [7, 11) is 0. The van der Waals surface area contributed by atoms with Crippen molar-refractivity contribution >= 4 is 33.7 Å². The van der Waals surface area contributed by atoms with Crippen molar-refractivity contribution in [1.82, 2.24) is 0 Å². The Hall–Kier alpha value is -3.52. The molecule has 4 aromatic carbocycles. The van der Waals surface area contributed by atoms with Gasteiger partial charge in [-0.3, -0.25) is 0 Å². The van der Waals surface area contributed by atoms with Crippen LogP contribution in [0.2, 0.25) is 0 Å². The zero-order chi connectivity index (χ0) is 21.1. The van der Waals surface area contributed by atoms with Crippen LogP contribution in [0.5, 0.6) is 11.5 Å². The molecule has 3 aliphatic rings. The largest absolute Gasteiger partial charge is 0.444 e. The number of hydrogen-bond acceptors (Lipinski definition) is 2. The van der Waals surface area contributed by atoms with E-state index in [-0.39, 0.29) is 0 Å². The van der Waals surface area contributed by atoms with Gasteiger partial charge in [-0.25, -0.2) is 0 Å². The summed E-state index contributed by atoms with van der Waals surface area (Å²) in [6.45, 7) is 0. The monoisotopic (exact) mass is 416 g/mol. The molecule has 2 heteroatoms. The number of benzene rings is 4. The van der Waals surface area contributed by atoms with Gasteiger partial charge in [0.25, 0.3) is 5.79 Å². The second kappa shape index (κ2) is 6.74. The van der Waals surface area contributed by atoms with Gasteiger partial charge in [-0.05, 0) is 71.5 Å². The molecule has 2 nitrogen and oxygen atoms in total. The first-order valence-electron chi connectivity index (χ1n) is 11.7. The first-order valence-corrected chi connectivity index (χ1v) is 11.7. The first kappa shape index (κ1) is 18.1. The maximum atomic E-state index is 6.88. The fourth-order valence-electron chi connectivity index (χ4n) is 5.65. The van der Waals surface area contributed by atoms with Crippen LogP contribution in [0.25, 0.3) is 33.7 Å². The van der Waals surface area contributed by atoms with Crippen LogP contribution in [0, 0.1) is 0 Å². The molecule has 2 heterocycles. The zero-order valence-electron chi connectivity index (χ0n) is 17.9. The molecular weight excluding hydrogens is 392 g/mol. The Kier molecular flexibility index (Phi) is 3.81. The van der Waals surface area contributed by atoms with Crippen LogP contribution < -0.4 is 9.47 Å². The van der Waals surface area contributed by atoms with Gasteiger partial charge < -0.3 is 9.47 Å². The van der Waals surface area contributed by atoms with E-state index in [1.165, 1.54) is 50.2 Å². The molecule has 0 N–H and O–H groups in total. The van der Waals surface area contributed by atoms with Crippen molar-refractivity contribution in [3.8, 4) is 11.5 Å². The molecule has 2 aliphatic heterocycles. The fraction of sp³-hybridized carbons (Fsp3) is 0.200. The molecule has 32 heavy (non-hydrogen) atoms. The van der Waals surface area contributed by atoms with Gasteiger partial charge in [0.2, 0.25) is 0 Å². The van der Waals surface area contributed by atoms with E-state index in [2.05, 4.69) is 84.9 Å². The van der Waals surface area contributed by atoms with Crippen molar-refractivity contribution in [3.05, 3.63) is 95.1 Å². The van der Waals surface area contributed by atoms with Crippen molar-refractivity contribution in [2.24, 2.45) is 0 Å². The SMILES string of the molecule is C1=C2CCCCCC3=Cc4c(ccc5ccccc45)OC23Oc2ccc3ccccc3c21. The third-order valence-electron chi connectivity index (χ3n) is 7.24. The molecule has 0 aromatic heterocycles. The predicted molar refractivity (Wildman–Crippen MR) is 131 cm³/mol. The highest BCUT2D eigenvalue weighted by Gasteiger charge is 2.48. The van der Waals surface area contributed by atoms with Crippen LogP contribution in [-0.2, 0) is 0 Å². The van der Waals surface area contributed by atoms with Crippen molar-refractivity contribution in [2.75, 3.05) is 0 Å². The average molecular weight is 417 g/mol. The maximum absolute atomic E-state index is 6.88. The highest BCUT2D eigenvalue weighted by atomic mass is 16.7. The number of hydrogen-bond donors (Lipinski definition) is 0. The summed E-state index contributed by atoms with van der Waals surface area (Å²) in [5, 5.41) is 4.96. The van der Waals surface area contributed by atoms with Crippen LogP contribution in [-0.4, -0.2) is 5.79 Å². The van der Waals surface area contributed by atoms with Gasteiger partial charge in [-0.15, -0.1) is 0 Å². The lowest BCUT2D eigenvalue weighted by Crippen LogP contribution is -2.49. The Morgan fingerprint density at radius 1 is 0.531 bits per heavy atom. The zero-order valence-corrected chi connectivity index (χ0v) is 17.9. The number of ether oxygens (including phenoxy) is 2. The van der Waals surface area contributed by atoms with Crippen molar-refractivity contribution in [2.45, 2.75) is 37.9 Å². The van der Waals surface area contributed by atoms with E-state index in [1.54, 1.807) is 0 Å². The van der Waals surface area contributed by atoms with E-state index in [0.717, 1.165) is 37.2 Å². The van der Waals surface area contributed by atoms with Crippen molar-refractivity contribution in [1.29, 1.82) is 0 Å². The van der Waals surface area contributed by atoms with Gasteiger partial charge in [0.1, 0.15) is 11.5 Å². The summed E-state index contributed by atoms with van der Waals surface area (Å²) >= 11 is 0. The molecule has 0 unspecified atom stereocenters. The summed E-state index contributed by atoms with van der Waals surface area (Å²) < 4.78 is 13.8. The van der Waals surface area contributed by atoms with Gasteiger partial charge in [-0.2, -0.15) is 0 Å². The highest BCUT2D eigenvalue weighted by Crippen LogP contribution is 2.51. The molecule has 156 valence electrons. The molecule has 0 radical (unpaired) electrons. The molecule has 0 bridgehead atoms. The molecule has 7 rings (SSSR count). The van der Waals surface area contributed by atoms with E-state index in [1.807, 2.05) is 0 Å². The molecule has 1 aliphatic carbocycles. The van der Waals surface area contributed by atoms with Gasteiger partial charge in [0.15, 0.2) is 0 Å². The normalized spacial score (nSPS) is 18.5. The van der Waals surface area contributed by atoms with E-state index in [0.29, 0.717) is 0 Å². The number of rotatable bonds is 0. The minimum Gasteiger partial charge on any atom is -0.444 e. The highest BCUT2D eigenvalue weighted by molar-refractivity contribution is 5.96. The molecule has 1 saturated carbocycles. The summed E-state index contributed by atoms with van der Waals surface area (Å²) in [4.78, 5) is 0. The third-order valence-corrected chi connectivity index (χ3v) is 7.24. The molecule has 0 atom stereocenters. The average Bonchev–Trinajstić information content (AvgIpc) is 2.82. The minimum atomic E-state index is -0.828. The van der Waals surface area contributed by atoms with Gasteiger partial charge in [-0.1, -0.05) is 67.1 Å². The van der Waals surface area contributed by atoms with E-state index >= 15 is 0 Å². The van der Waals surface area contributed by atoms with Gasteiger partial charge >= 0.3 is 0 Å². The smallest absolute Gasteiger partial charge is 0.297 e. The van der Waals surface area contributed by atoms with Crippen LogP contribution in [0.1, 0.15) is 43.2 Å². The molecule has 0 amide bonds. The standard InChI is InChI=1S/C30H24O2/c1-2-10-22-18-26-24-12-6-4-8-20(24)14-16-28(26)31-30(22)23(11-3-1)19-27-25-13-7-5-9-21(25)15-17-29(27)32-30/h4-9,12-19H,1-3,10-11H2. The second-order valence-electron chi connectivity index (χ2n) is 9.12. The molecular formula is C30H24O2. The number of fused-ring (bicyclic) bond motifs is 6. The fourth-order valence-corrected chi connectivity index (χ4v) is 5.65. The van der Waals surface area contributed by atoms with E-state index in [4.69, 9.17) is 9.47 Å². The molecule has 1 fully saturated rings. The lowest BCUT2D eigenvalue weighted by atomic mass is 9.81. The third kappa shape index (κ3) is 2.53. The van der Waals surface area contributed by atoms with Crippen LogP contribution in [0.15, 0.2) is 83.9 Å². The summed E-state index contributed by atoms with van der Waals surface area (Å²) in [6, 6.07) is 25.6. The van der Waals surface area contributed by atoms with Crippen molar-refractivity contribution in [3.63, 3.8) is 0 Å². The Labute approximate surface area is 187 Å². The quantitative estimate of drug-likeness (QED) is 0.290. The van der Waals surface area contributed by atoms with Gasteiger partial charge in [0.05, 0.1) is 0 Å². The lowest BCUT2D eigenvalue weighted by Gasteiger charge is -2.44. The van der Waals surface area contributed by atoms with E-state index < -0.39 is 5.79 Å². The Morgan fingerprint density at radius 2 is 1.03 bits per heavy atom. The molecule has 1 spiro atoms. The van der Waals surface area contributed by atoms with Crippen molar-refractivity contribution < 1.29 is 9.47 Å². The lowest BCUT2D eigenvalue weighted by molar-refractivity contribution is -0.0578. The molecule has 0 saturated heterocycles. The summed E-state index contributed by atoms with van der Waals surface area (Å²) in [5.74, 6) is 0.983. The van der Waals surface area contributed by atoms with Crippen LogP contribution >= 0.6 is 0 Å². The molecule has 4 aromatic rings. The summed E-state index contributed by atoms with van der Waals surface area (Å²) in [6.07, 6.45) is 10.2. The predicted octanol–water partition coefficient (Wildman–Crippen LogP) is 7.91. The Bertz CT molecular complexity index is 1350. The Morgan fingerprint density at radius 3 is 1.56 bits per heavy atom. The second-order valence-corrected chi connectivity index (χ2v) is 9.12. The minimum absolute atomic E-state index is 0.828. The Balaban J connectivity index is 1.47. The first-order chi connectivity index (χ1) is 15.8. The maximum Gasteiger partial charge on any atom is 0.297 e. The van der Waals surface area contributed by atoms with Gasteiger partial charge in [0, 0.05) is 22.3 Å². The van der Waals surface area contributed by atoms with Crippen LogP contribution in [0.3, 0.4) is 0 Å². The summed E-state index contributed by atoms with van der Waals surface area (Å²) in [5.41, 5.74) is 4.84.